The molecule has 0 saturated carbocycles. The Kier molecular flexibility index (Phi) is 5.89. The summed E-state index contributed by atoms with van der Waals surface area (Å²) in [5.41, 5.74) is 0. The van der Waals surface area contributed by atoms with Crippen molar-refractivity contribution in [2.24, 2.45) is 0 Å². The van der Waals surface area contributed by atoms with E-state index in [1.54, 1.807) is 17.6 Å². The first-order chi connectivity index (χ1) is 10.2. The predicted molar refractivity (Wildman–Crippen MR) is 85.8 cm³/mol. The number of unbranched alkanes of at least 4 members (excludes halogenated alkanes) is 1. The molecule has 0 bridgehead atoms. The average Bonchev–Trinajstić information content (AvgIpc) is 3.15. The van der Waals surface area contributed by atoms with Crippen molar-refractivity contribution in [3.63, 3.8) is 0 Å². The van der Waals surface area contributed by atoms with Gasteiger partial charge >= 0.3 is 0 Å². The Morgan fingerprint density at radius 3 is 2.81 bits per heavy atom. The molecule has 7 heteroatoms. The largest absolute Gasteiger partial charge is 0.340 e. The van der Waals surface area contributed by atoms with Gasteiger partial charge in [-0.1, -0.05) is 25.8 Å². The Morgan fingerprint density at radius 1 is 1.33 bits per heavy atom. The van der Waals surface area contributed by atoms with Gasteiger partial charge in [0.05, 0.1) is 4.88 Å². The molecule has 0 aliphatic carbocycles. The summed E-state index contributed by atoms with van der Waals surface area (Å²) in [4.78, 5) is 29.0. The van der Waals surface area contributed by atoms with Gasteiger partial charge in [0.2, 0.25) is 5.91 Å². The number of nitrogens with one attached hydrogen (secondary N) is 2. The molecule has 2 aromatic rings. The Hall–Kier alpha value is -1.73. The molecule has 0 aliphatic rings. The zero-order chi connectivity index (χ0) is 15.1. The second kappa shape index (κ2) is 7.90. The topological polar surface area (TPSA) is 71.1 Å². The van der Waals surface area contributed by atoms with Crippen molar-refractivity contribution in [3.8, 4) is 0 Å². The van der Waals surface area contributed by atoms with E-state index in [0.717, 1.165) is 12.8 Å². The van der Waals surface area contributed by atoms with Crippen LogP contribution in [0, 0.1) is 0 Å². The lowest BCUT2D eigenvalue weighted by molar-refractivity contribution is -0.118. The van der Waals surface area contributed by atoms with Crippen LogP contribution in [0.15, 0.2) is 29.1 Å². The molecule has 0 aliphatic heterocycles. The molecule has 0 radical (unpaired) electrons. The summed E-state index contributed by atoms with van der Waals surface area (Å²) in [6.07, 6.45) is 4.09. The van der Waals surface area contributed by atoms with E-state index in [2.05, 4.69) is 22.5 Å². The van der Waals surface area contributed by atoms with E-state index in [0.29, 0.717) is 16.4 Å². The van der Waals surface area contributed by atoms with Crippen molar-refractivity contribution >= 4 is 39.6 Å². The summed E-state index contributed by atoms with van der Waals surface area (Å²) in [5.74, 6) is -0.427. The number of hydrogen-bond acceptors (Lipinski definition) is 5. The second-order valence-electron chi connectivity index (χ2n) is 4.47. The first kappa shape index (κ1) is 15.7. The van der Waals surface area contributed by atoms with Gasteiger partial charge in [-0.2, -0.15) is 0 Å². The predicted octanol–water partition coefficient (Wildman–Crippen LogP) is 3.13. The fourth-order valence-electron chi connectivity index (χ4n) is 1.79. The van der Waals surface area contributed by atoms with Crippen LogP contribution in [0.1, 0.15) is 35.9 Å². The Balaban J connectivity index is 1.99. The molecule has 0 fully saturated rings. The zero-order valence-corrected chi connectivity index (χ0v) is 13.3. The number of aromatic nitrogens is 1. The number of hydrogen-bond donors (Lipinski definition) is 2. The van der Waals surface area contributed by atoms with E-state index >= 15 is 0 Å². The van der Waals surface area contributed by atoms with E-state index in [1.807, 2.05) is 11.4 Å². The maximum Gasteiger partial charge on any atom is 0.261 e. The van der Waals surface area contributed by atoms with Crippen molar-refractivity contribution in [3.05, 3.63) is 34.0 Å². The Bertz CT molecular complexity index is 567. The van der Waals surface area contributed by atoms with Crippen LogP contribution in [0.4, 0.5) is 5.13 Å². The average molecular weight is 323 g/mol. The second-order valence-corrected chi connectivity index (χ2v) is 6.31. The van der Waals surface area contributed by atoms with Gasteiger partial charge in [0, 0.05) is 11.6 Å². The van der Waals surface area contributed by atoms with Gasteiger partial charge in [0.25, 0.3) is 5.91 Å². The number of nitrogens with zero attached hydrogens (tertiary/aromatic N) is 1. The van der Waals surface area contributed by atoms with Crippen molar-refractivity contribution < 1.29 is 9.59 Å². The molecular weight excluding hydrogens is 306 g/mol. The first-order valence-corrected chi connectivity index (χ1v) is 8.51. The van der Waals surface area contributed by atoms with Crippen molar-refractivity contribution in [1.29, 1.82) is 0 Å². The molecule has 5 nitrogen and oxygen atoms in total. The zero-order valence-electron chi connectivity index (χ0n) is 11.7. The van der Waals surface area contributed by atoms with Gasteiger partial charge in [-0.25, -0.2) is 4.98 Å². The third-order valence-corrected chi connectivity index (χ3v) is 4.43. The molecule has 0 spiro atoms. The molecule has 112 valence electrons. The van der Waals surface area contributed by atoms with Gasteiger partial charge in [0.15, 0.2) is 5.13 Å². The van der Waals surface area contributed by atoms with Gasteiger partial charge in [-0.15, -0.1) is 22.7 Å². The number of anilines is 1. The molecule has 0 unspecified atom stereocenters. The number of rotatable bonds is 7. The molecule has 2 heterocycles. The van der Waals surface area contributed by atoms with Crippen LogP contribution < -0.4 is 10.6 Å². The summed E-state index contributed by atoms with van der Waals surface area (Å²) < 4.78 is 0. The summed E-state index contributed by atoms with van der Waals surface area (Å²) >= 11 is 2.72. The molecule has 2 aromatic heterocycles. The summed E-state index contributed by atoms with van der Waals surface area (Å²) in [6, 6.07) is 3.02. The first-order valence-electron chi connectivity index (χ1n) is 6.75. The molecule has 1 atom stereocenters. The van der Waals surface area contributed by atoms with Crippen molar-refractivity contribution in [2.75, 3.05) is 5.32 Å². The monoisotopic (exact) mass is 323 g/mol. The Morgan fingerprint density at radius 2 is 2.19 bits per heavy atom. The lowest BCUT2D eigenvalue weighted by Crippen LogP contribution is -2.43. The highest BCUT2D eigenvalue weighted by Gasteiger charge is 2.22. The van der Waals surface area contributed by atoms with Crippen molar-refractivity contribution in [2.45, 2.75) is 32.2 Å². The highest BCUT2D eigenvalue weighted by Crippen LogP contribution is 2.13. The molecule has 0 saturated heterocycles. The fraction of sp³-hybridized carbons (Fsp3) is 0.357. The van der Waals surface area contributed by atoms with Gasteiger partial charge < -0.3 is 10.6 Å². The maximum absolute atomic E-state index is 12.3. The lowest BCUT2D eigenvalue weighted by Gasteiger charge is -2.17. The van der Waals surface area contributed by atoms with Crippen LogP contribution in [0.5, 0.6) is 0 Å². The smallest absolute Gasteiger partial charge is 0.261 e. The minimum Gasteiger partial charge on any atom is -0.340 e. The van der Waals surface area contributed by atoms with Crippen LogP contribution in [0.3, 0.4) is 0 Å². The van der Waals surface area contributed by atoms with E-state index in [9.17, 15) is 9.59 Å². The van der Waals surface area contributed by atoms with Crippen molar-refractivity contribution in [1.82, 2.24) is 10.3 Å². The Labute approximate surface area is 131 Å². The third-order valence-electron chi connectivity index (χ3n) is 2.88. The maximum atomic E-state index is 12.3. The number of amides is 2. The number of carbonyl (C=O) groups is 2. The minimum absolute atomic E-state index is 0.208. The van der Waals surface area contributed by atoms with Crippen LogP contribution in [-0.4, -0.2) is 22.8 Å². The molecule has 2 rings (SSSR count). The van der Waals surface area contributed by atoms with E-state index in [1.165, 1.54) is 22.7 Å². The van der Waals surface area contributed by atoms with Crippen LogP contribution in [-0.2, 0) is 4.79 Å². The van der Waals surface area contributed by atoms with Gasteiger partial charge in [-0.3, -0.25) is 9.59 Å². The molecule has 0 aromatic carbocycles. The summed E-state index contributed by atoms with van der Waals surface area (Å²) in [6.45, 7) is 2.05. The van der Waals surface area contributed by atoms with Crippen LogP contribution >= 0.6 is 22.7 Å². The molecular formula is C14H17N3O2S2. The molecule has 21 heavy (non-hydrogen) atoms. The highest BCUT2D eigenvalue weighted by atomic mass is 32.1. The lowest BCUT2D eigenvalue weighted by atomic mass is 10.1. The third kappa shape index (κ3) is 4.64. The molecule has 2 amide bonds. The number of thiazole rings is 1. The standard InChI is InChI=1S/C14H17N3O2S2/c1-2-3-5-10(12(18)17-14-15-7-9-21-14)16-13(19)11-6-4-8-20-11/h4,6-10H,2-3,5H2,1H3,(H,16,19)(H,15,17,18)/t10-/m0/s1. The van der Waals surface area contributed by atoms with E-state index < -0.39 is 6.04 Å². The molecule has 2 N–H and O–H groups in total. The van der Waals surface area contributed by atoms with E-state index in [-0.39, 0.29) is 11.8 Å². The quantitative estimate of drug-likeness (QED) is 0.822. The number of thiophene rings is 1. The van der Waals surface area contributed by atoms with Gasteiger partial charge in [-0.05, 0) is 17.9 Å². The fourth-order valence-corrected chi connectivity index (χ4v) is 2.95. The number of carbonyl (C=O) groups excluding carboxylic acids is 2. The summed E-state index contributed by atoms with van der Waals surface area (Å²) in [7, 11) is 0. The van der Waals surface area contributed by atoms with Crippen LogP contribution in [0.25, 0.3) is 0 Å². The highest BCUT2D eigenvalue weighted by molar-refractivity contribution is 7.13. The van der Waals surface area contributed by atoms with Crippen LogP contribution in [0.2, 0.25) is 0 Å². The minimum atomic E-state index is -0.538. The SMILES string of the molecule is CCCC[C@H](NC(=O)c1cccs1)C(=O)Nc1nccs1. The van der Waals surface area contributed by atoms with Gasteiger partial charge in [0.1, 0.15) is 6.04 Å². The summed E-state index contributed by atoms with van der Waals surface area (Å²) in [5, 5.41) is 9.72. The normalized spacial score (nSPS) is 11.9. The van der Waals surface area contributed by atoms with E-state index in [4.69, 9.17) is 0 Å².